The molecule has 2 aliphatic rings. The lowest BCUT2D eigenvalue weighted by atomic mass is 10.3. The average Bonchev–Trinajstić information content (AvgIpc) is 3.15. The molecule has 1 N–H and O–H groups in total. The second kappa shape index (κ2) is 11.3. The second-order valence-corrected chi connectivity index (χ2v) is 7.50. The third-order valence-corrected chi connectivity index (χ3v) is 5.56. The Kier molecular flexibility index (Phi) is 9.46. The van der Waals surface area contributed by atoms with Crippen LogP contribution in [-0.4, -0.2) is 97.2 Å². The highest BCUT2D eigenvalue weighted by Gasteiger charge is 2.23. The molecule has 1 atom stereocenters. The van der Waals surface area contributed by atoms with Gasteiger partial charge >= 0.3 is 0 Å². The Morgan fingerprint density at radius 1 is 1.26 bits per heavy atom. The van der Waals surface area contributed by atoms with Crippen LogP contribution in [0.15, 0.2) is 4.99 Å². The minimum absolute atomic E-state index is 0. The Bertz CT molecular complexity index is 592. The van der Waals surface area contributed by atoms with Crippen LogP contribution < -0.4 is 10.2 Å². The van der Waals surface area contributed by atoms with Crippen LogP contribution in [0.1, 0.15) is 19.7 Å². The highest BCUT2D eigenvalue weighted by Crippen LogP contribution is 2.19. The topological polar surface area (TPSA) is 69.1 Å². The number of aryl methyl sites for hydroxylation is 1. The minimum atomic E-state index is 0. The van der Waals surface area contributed by atoms with Crippen LogP contribution in [0.4, 0.5) is 5.13 Å². The summed E-state index contributed by atoms with van der Waals surface area (Å²) in [5.74, 6) is 1.94. The largest absolute Gasteiger partial charge is 0.374 e. The van der Waals surface area contributed by atoms with E-state index in [1.54, 1.807) is 0 Å². The summed E-state index contributed by atoms with van der Waals surface area (Å²) >= 11 is 1.51. The maximum Gasteiger partial charge on any atom is 0.205 e. The van der Waals surface area contributed by atoms with Crippen molar-refractivity contribution in [3.63, 3.8) is 0 Å². The van der Waals surface area contributed by atoms with E-state index in [1.807, 2.05) is 0 Å². The smallest absolute Gasteiger partial charge is 0.205 e. The van der Waals surface area contributed by atoms with E-state index in [2.05, 4.69) is 50.3 Å². The van der Waals surface area contributed by atoms with E-state index in [0.29, 0.717) is 6.54 Å². The number of halogens is 1. The maximum absolute atomic E-state index is 5.83. The van der Waals surface area contributed by atoms with Crippen LogP contribution >= 0.6 is 35.5 Å². The fourth-order valence-corrected chi connectivity index (χ4v) is 4.02. The molecule has 0 bridgehead atoms. The molecule has 1 aromatic heterocycles. The molecule has 0 saturated carbocycles. The Labute approximate surface area is 183 Å². The van der Waals surface area contributed by atoms with Crippen LogP contribution in [0.5, 0.6) is 0 Å². The van der Waals surface area contributed by atoms with Crippen molar-refractivity contribution in [2.75, 3.05) is 70.9 Å². The number of hydrogen-bond acceptors (Lipinski definition) is 7. The average molecular weight is 509 g/mol. The normalized spacial score (nSPS) is 21.9. The van der Waals surface area contributed by atoms with Crippen molar-refractivity contribution in [1.82, 2.24) is 24.5 Å². The number of morpholine rings is 1. The molecule has 27 heavy (non-hydrogen) atoms. The highest BCUT2D eigenvalue weighted by molar-refractivity contribution is 14.0. The monoisotopic (exact) mass is 509 g/mol. The molecule has 0 aliphatic carbocycles. The Morgan fingerprint density at radius 2 is 2.04 bits per heavy atom. The molecule has 1 aromatic rings. The van der Waals surface area contributed by atoms with Gasteiger partial charge in [-0.2, -0.15) is 4.37 Å². The summed E-state index contributed by atoms with van der Waals surface area (Å²) in [6, 6.07) is 0. The summed E-state index contributed by atoms with van der Waals surface area (Å²) in [4.78, 5) is 16.4. The summed E-state index contributed by atoms with van der Waals surface area (Å²) in [5, 5.41) is 4.48. The first kappa shape index (κ1) is 22.6. The fourth-order valence-electron chi connectivity index (χ4n) is 3.22. The summed E-state index contributed by atoms with van der Waals surface area (Å²) in [5.41, 5.74) is 0. The maximum atomic E-state index is 5.83. The van der Waals surface area contributed by atoms with E-state index in [-0.39, 0.29) is 30.1 Å². The van der Waals surface area contributed by atoms with Gasteiger partial charge < -0.3 is 24.8 Å². The molecule has 8 nitrogen and oxygen atoms in total. The Morgan fingerprint density at radius 3 is 2.67 bits per heavy atom. The molecular formula is C17H32IN7OS. The van der Waals surface area contributed by atoms with Crippen LogP contribution in [-0.2, 0) is 11.2 Å². The number of likely N-dealkylation sites (N-methyl/N-ethyl adjacent to an activating group) is 1. The van der Waals surface area contributed by atoms with Crippen LogP contribution in [0.25, 0.3) is 0 Å². The van der Waals surface area contributed by atoms with Crippen LogP contribution in [0.2, 0.25) is 0 Å². The molecule has 10 heteroatoms. The number of rotatable bonds is 5. The number of piperazine rings is 1. The predicted molar refractivity (Wildman–Crippen MR) is 122 cm³/mol. The molecule has 0 spiro atoms. The van der Waals surface area contributed by atoms with Gasteiger partial charge in [0.05, 0.1) is 19.3 Å². The van der Waals surface area contributed by atoms with E-state index in [0.717, 1.165) is 75.8 Å². The van der Waals surface area contributed by atoms with E-state index in [9.17, 15) is 0 Å². The van der Waals surface area contributed by atoms with Crippen molar-refractivity contribution >= 4 is 46.6 Å². The van der Waals surface area contributed by atoms with Gasteiger partial charge in [-0.15, -0.1) is 24.0 Å². The standard InChI is InChI=1S/C17H31N7OS.HI/c1-4-15-20-17(26-21-15)24-8-6-23(7-9-24)16(18-5-2)19-12-14-13-22(3)10-11-25-14;/h14H,4-13H2,1-3H3,(H,18,19);1H. The number of ether oxygens (including phenoxy) is 1. The van der Waals surface area contributed by atoms with Crippen molar-refractivity contribution in [1.29, 1.82) is 0 Å². The van der Waals surface area contributed by atoms with Gasteiger partial charge in [-0.05, 0) is 14.0 Å². The van der Waals surface area contributed by atoms with Gasteiger partial charge in [-0.3, -0.25) is 4.99 Å². The molecule has 0 amide bonds. The number of nitrogens with zero attached hydrogens (tertiary/aromatic N) is 6. The van der Waals surface area contributed by atoms with Crippen molar-refractivity contribution < 1.29 is 4.74 Å². The van der Waals surface area contributed by atoms with Gasteiger partial charge in [0.15, 0.2) is 5.96 Å². The lowest BCUT2D eigenvalue weighted by Gasteiger charge is -2.36. The quantitative estimate of drug-likeness (QED) is 0.363. The fraction of sp³-hybridized carbons (Fsp3) is 0.824. The summed E-state index contributed by atoms with van der Waals surface area (Å²) in [6.45, 7) is 12.3. The summed E-state index contributed by atoms with van der Waals surface area (Å²) < 4.78 is 10.2. The van der Waals surface area contributed by atoms with Crippen LogP contribution in [0, 0.1) is 0 Å². The zero-order chi connectivity index (χ0) is 18.4. The van der Waals surface area contributed by atoms with Crippen LogP contribution in [0.3, 0.4) is 0 Å². The zero-order valence-electron chi connectivity index (χ0n) is 16.6. The van der Waals surface area contributed by atoms with Gasteiger partial charge in [-0.1, -0.05) is 6.92 Å². The van der Waals surface area contributed by atoms with Crippen molar-refractivity contribution in [3.8, 4) is 0 Å². The number of aromatic nitrogens is 2. The first-order valence-electron chi connectivity index (χ1n) is 9.60. The summed E-state index contributed by atoms with van der Waals surface area (Å²) in [7, 11) is 2.14. The second-order valence-electron chi connectivity index (χ2n) is 6.77. The third kappa shape index (κ3) is 6.40. The van der Waals surface area contributed by atoms with Crippen molar-refractivity contribution in [2.45, 2.75) is 26.4 Å². The van der Waals surface area contributed by atoms with Gasteiger partial charge in [0.25, 0.3) is 0 Å². The predicted octanol–water partition coefficient (Wildman–Crippen LogP) is 1.14. The molecule has 2 saturated heterocycles. The van der Waals surface area contributed by atoms with Gasteiger partial charge in [-0.25, -0.2) is 4.98 Å². The molecule has 1 unspecified atom stereocenters. The van der Waals surface area contributed by atoms with Crippen molar-refractivity contribution in [3.05, 3.63) is 5.82 Å². The Hall–Kier alpha value is -0.720. The number of guanidine groups is 1. The van der Waals surface area contributed by atoms with Gasteiger partial charge in [0.1, 0.15) is 5.82 Å². The molecule has 3 heterocycles. The summed E-state index contributed by atoms with van der Waals surface area (Å²) in [6.07, 6.45) is 1.09. The lowest BCUT2D eigenvalue weighted by Crippen LogP contribution is -2.53. The zero-order valence-corrected chi connectivity index (χ0v) is 19.7. The van der Waals surface area contributed by atoms with E-state index >= 15 is 0 Å². The van der Waals surface area contributed by atoms with Gasteiger partial charge in [0.2, 0.25) is 5.13 Å². The molecular weight excluding hydrogens is 477 g/mol. The van der Waals surface area contributed by atoms with E-state index in [1.165, 1.54) is 11.5 Å². The van der Waals surface area contributed by atoms with Crippen molar-refractivity contribution in [2.24, 2.45) is 4.99 Å². The minimum Gasteiger partial charge on any atom is -0.374 e. The van der Waals surface area contributed by atoms with E-state index in [4.69, 9.17) is 9.73 Å². The number of aliphatic imine (C=N–C) groups is 1. The third-order valence-electron chi connectivity index (χ3n) is 4.74. The molecule has 3 rings (SSSR count). The highest BCUT2D eigenvalue weighted by atomic mass is 127. The molecule has 154 valence electrons. The number of hydrogen-bond donors (Lipinski definition) is 1. The Balaban J connectivity index is 0.00000261. The first-order valence-corrected chi connectivity index (χ1v) is 10.4. The van der Waals surface area contributed by atoms with Gasteiger partial charge in [0, 0.05) is 63.8 Å². The SMILES string of the molecule is CCNC(=NCC1CN(C)CCO1)N1CCN(c2nc(CC)ns2)CC1.I. The lowest BCUT2D eigenvalue weighted by molar-refractivity contribution is -0.0137. The number of anilines is 1. The number of nitrogens with one attached hydrogen (secondary N) is 1. The molecule has 0 radical (unpaired) electrons. The molecule has 2 aliphatic heterocycles. The molecule has 0 aromatic carbocycles. The first-order chi connectivity index (χ1) is 12.7. The van der Waals surface area contributed by atoms with E-state index < -0.39 is 0 Å². The molecule has 2 fully saturated rings.